The maximum absolute atomic E-state index is 12.0. The van der Waals surface area contributed by atoms with Crippen molar-refractivity contribution in [2.45, 2.75) is 13.8 Å². The molecule has 0 aliphatic carbocycles. The number of hydrogen-bond donors (Lipinski definition) is 4. The highest BCUT2D eigenvalue weighted by molar-refractivity contribution is 5.95. The van der Waals surface area contributed by atoms with Crippen LogP contribution in [0.25, 0.3) is 0 Å². The lowest BCUT2D eigenvalue weighted by Gasteiger charge is -2.09. The first-order valence-electron chi connectivity index (χ1n) is 8.27. The molecule has 0 unspecified atom stereocenters. The van der Waals surface area contributed by atoms with Gasteiger partial charge in [0.1, 0.15) is 0 Å². The Morgan fingerprint density at radius 3 is 1.88 bits per heavy atom. The Balaban J connectivity index is 1.83. The van der Waals surface area contributed by atoms with Crippen molar-refractivity contribution in [3.63, 3.8) is 0 Å². The molecule has 0 atom stereocenters. The summed E-state index contributed by atoms with van der Waals surface area (Å²) < 4.78 is 0. The summed E-state index contributed by atoms with van der Waals surface area (Å²) in [5.74, 6) is -0.478. The molecule has 0 saturated heterocycles. The molecule has 0 heterocycles. The fourth-order valence-corrected chi connectivity index (χ4v) is 2.23. The highest BCUT2D eigenvalue weighted by atomic mass is 16.2. The number of hydrogen-bond acceptors (Lipinski definition) is 4. The van der Waals surface area contributed by atoms with E-state index in [1.54, 1.807) is 48.5 Å². The third kappa shape index (κ3) is 5.94. The van der Waals surface area contributed by atoms with Crippen molar-refractivity contribution in [1.82, 2.24) is 5.32 Å². The Morgan fingerprint density at radius 2 is 1.35 bits per heavy atom. The Morgan fingerprint density at radius 1 is 0.808 bits per heavy atom. The van der Waals surface area contributed by atoms with Crippen LogP contribution in [0.2, 0.25) is 0 Å². The normalized spacial score (nSPS) is 9.92. The van der Waals surface area contributed by atoms with Gasteiger partial charge in [0.05, 0.1) is 6.54 Å². The number of amides is 3. The lowest BCUT2D eigenvalue weighted by molar-refractivity contribution is -0.115. The molecule has 7 heteroatoms. The maximum Gasteiger partial charge on any atom is 0.251 e. The van der Waals surface area contributed by atoms with Gasteiger partial charge < -0.3 is 21.3 Å². The van der Waals surface area contributed by atoms with Crippen molar-refractivity contribution in [3.05, 3.63) is 54.1 Å². The average Bonchev–Trinajstić information content (AvgIpc) is 2.62. The number of nitrogens with one attached hydrogen (secondary N) is 4. The number of anilines is 3. The van der Waals surface area contributed by atoms with E-state index in [9.17, 15) is 14.4 Å². The molecule has 0 aliphatic rings. The minimum absolute atomic E-state index is 0.0912. The summed E-state index contributed by atoms with van der Waals surface area (Å²) >= 11 is 0. The summed E-state index contributed by atoms with van der Waals surface area (Å²) in [7, 11) is 0. The molecule has 0 bridgehead atoms. The second-order valence-corrected chi connectivity index (χ2v) is 5.60. The molecule has 7 nitrogen and oxygen atoms in total. The number of benzene rings is 2. The largest absolute Gasteiger partial charge is 0.376 e. The van der Waals surface area contributed by atoms with Gasteiger partial charge in [-0.1, -0.05) is 0 Å². The van der Waals surface area contributed by atoms with Gasteiger partial charge >= 0.3 is 0 Å². The van der Waals surface area contributed by atoms with Crippen molar-refractivity contribution >= 4 is 34.8 Å². The lowest BCUT2D eigenvalue weighted by atomic mass is 10.2. The average molecular weight is 354 g/mol. The summed E-state index contributed by atoms with van der Waals surface area (Å²) in [6.45, 7) is 3.96. The minimum Gasteiger partial charge on any atom is -0.376 e. The van der Waals surface area contributed by atoms with Crippen molar-refractivity contribution in [1.29, 1.82) is 0 Å². The van der Waals surface area contributed by atoms with Crippen LogP contribution in [-0.4, -0.2) is 30.8 Å². The predicted molar refractivity (Wildman–Crippen MR) is 102 cm³/mol. The van der Waals surface area contributed by atoms with Crippen LogP contribution in [0.5, 0.6) is 0 Å². The quantitative estimate of drug-likeness (QED) is 0.614. The number of carbonyl (C=O) groups is 3. The smallest absolute Gasteiger partial charge is 0.251 e. The van der Waals surface area contributed by atoms with E-state index in [0.717, 1.165) is 5.69 Å². The van der Waals surface area contributed by atoms with Crippen molar-refractivity contribution in [2.75, 3.05) is 29.0 Å². The van der Waals surface area contributed by atoms with Gasteiger partial charge in [-0.2, -0.15) is 0 Å². The molecule has 4 N–H and O–H groups in total. The lowest BCUT2D eigenvalue weighted by Crippen LogP contribution is -2.23. The van der Waals surface area contributed by atoms with Crippen LogP contribution in [0.1, 0.15) is 24.2 Å². The molecule has 0 radical (unpaired) electrons. The molecule has 26 heavy (non-hydrogen) atoms. The van der Waals surface area contributed by atoms with E-state index in [-0.39, 0.29) is 24.3 Å². The summed E-state index contributed by atoms with van der Waals surface area (Å²) in [4.78, 5) is 34.7. The van der Waals surface area contributed by atoms with E-state index in [2.05, 4.69) is 21.3 Å². The van der Waals surface area contributed by atoms with E-state index < -0.39 is 0 Å². The number of carbonyl (C=O) groups excluding carboxylic acids is 3. The Kier molecular flexibility index (Phi) is 6.73. The van der Waals surface area contributed by atoms with Gasteiger partial charge in [0.2, 0.25) is 11.8 Å². The Hall–Kier alpha value is -3.35. The van der Waals surface area contributed by atoms with Crippen LogP contribution in [0.15, 0.2) is 48.5 Å². The molecule has 0 saturated carbocycles. The van der Waals surface area contributed by atoms with Crippen molar-refractivity contribution in [2.24, 2.45) is 0 Å². The van der Waals surface area contributed by atoms with Crippen LogP contribution >= 0.6 is 0 Å². The third-order valence-electron chi connectivity index (χ3n) is 3.43. The minimum atomic E-state index is -0.204. The second kappa shape index (κ2) is 9.22. The van der Waals surface area contributed by atoms with Crippen LogP contribution in [0, 0.1) is 0 Å². The van der Waals surface area contributed by atoms with Gasteiger partial charge in [0.15, 0.2) is 0 Å². The fourth-order valence-electron chi connectivity index (χ4n) is 2.23. The van der Waals surface area contributed by atoms with E-state index in [4.69, 9.17) is 0 Å². The van der Waals surface area contributed by atoms with Gasteiger partial charge in [-0.3, -0.25) is 14.4 Å². The van der Waals surface area contributed by atoms with E-state index in [1.807, 2.05) is 6.92 Å². The molecular formula is C19H22N4O3. The molecular weight excluding hydrogens is 332 g/mol. The summed E-state index contributed by atoms with van der Waals surface area (Å²) in [5.41, 5.74) is 2.62. The van der Waals surface area contributed by atoms with Crippen molar-refractivity contribution < 1.29 is 14.4 Å². The molecule has 0 spiro atoms. The van der Waals surface area contributed by atoms with Crippen LogP contribution in [0.4, 0.5) is 17.1 Å². The zero-order valence-electron chi connectivity index (χ0n) is 14.8. The molecule has 2 aromatic carbocycles. The first-order valence-corrected chi connectivity index (χ1v) is 8.27. The Labute approximate surface area is 152 Å². The second-order valence-electron chi connectivity index (χ2n) is 5.60. The third-order valence-corrected chi connectivity index (χ3v) is 3.43. The zero-order chi connectivity index (χ0) is 18.9. The van der Waals surface area contributed by atoms with E-state index in [1.165, 1.54) is 6.92 Å². The molecule has 0 aromatic heterocycles. The van der Waals surface area contributed by atoms with Gasteiger partial charge in [-0.05, 0) is 55.5 Å². The monoisotopic (exact) mass is 354 g/mol. The Bertz CT molecular complexity index is 770. The fraction of sp³-hybridized carbons (Fsp3) is 0.211. The van der Waals surface area contributed by atoms with Crippen LogP contribution < -0.4 is 21.3 Å². The molecule has 136 valence electrons. The summed E-state index contributed by atoms with van der Waals surface area (Å²) in [5, 5.41) is 11.1. The van der Waals surface area contributed by atoms with Crippen molar-refractivity contribution in [3.8, 4) is 0 Å². The standard InChI is InChI=1S/C19H22N4O3/c1-3-20-19(26)14-4-6-15(7-5-14)21-12-18(25)23-17-10-8-16(9-11-17)22-13(2)24/h4-11,21H,3,12H2,1-2H3,(H,20,26)(H,22,24)(H,23,25). The van der Waals surface area contributed by atoms with E-state index >= 15 is 0 Å². The topological polar surface area (TPSA) is 99.3 Å². The molecule has 0 aliphatic heterocycles. The number of rotatable bonds is 7. The van der Waals surface area contributed by atoms with Gasteiger partial charge in [-0.25, -0.2) is 0 Å². The first-order chi connectivity index (χ1) is 12.5. The van der Waals surface area contributed by atoms with Gasteiger partial charge in [0.25, 0.3) is 5.91 Å². The van der Waals surface area contributed by atoms with Gasteiger partial charge in [0, 0.05) is 36.1 Å². The highest BCUT2D eigenvalue weighted by Crippen LogP contribution is 2.14. The zero-order valence-corrected chi connectivity index (χ0v) is 14.8. The molecule has 2 aromatic rings. The molecule has 3 amide bonds. The first kappa shape index (κ1) is 19.0. The maximum atomic E-state index is 12.0. The van der Waals surface area contributed by atoms with Crippen LogP contribution in [0.3, 0.4) is 0 Å². The van der Waals surface area contributed by atoms with Crippen LogP contribution in [-0.2, 0) is 9.59 Å². The summed E-state index contributed by atoms with van der Waals surface area (Å²) in [6.07, 6.45) is 0. The SMILES string of the molecule is CCNC(=O)c1ccc(NCC(=O)Nc2ccc(NC(C)=O)cc2)cc1. The molecule has 0 fully saturated rings. The summed E-state index contributed by atoms with van der Waals surface area (Å²) in [6, 6.07) is 13.8. The van der Waals surface area contributed by atoms with Gasteiger partial charge in [-0.15, -0.1) is 0 Å². The molecule has 2 rings (SSSR count). The highest BCUT2D eigenvalue weighted by Gasteiger charge is 2.05. The predicted octanol–water partition coefficient (Wildman–Crippen LogP) is 2.45. The van der Waals surface area contributed by atoms with E-state index in [0.29, 0.717) is 23.5 Å².